The maximum atomic E-state index is 10.6. The van der Waals surface area contributed by atoms with Gasteiger partial charge in [-0.2, -0.15) is 0 Å². The van der Waals surface area contributed by atoms with Crippen molar-refractivity contribution >= 4 is 17.6 Å². The minimum Gasteiger partial charge on any atom is -0.874 e. The first-order valence-corrected chi connectivity index (χ1v) is 3.26. The fourth-order valence-electron chi connectivity index (χ4n) is 0.456. The van der Waals surface area contributed by atoms with Gasteiger partial charge in [0.1, 0.15) is 5.03 Å². The van der Waals surface area contributed by atoms with Crippen LogP contribution in [0.5, 0.6) is 0 Å². The SMILES string of the molecule is CCC/C([O-])=C(/Cl)C(=O)O. The lowest BCUT2D eigenvalue weighted by molar-refractivity contribution is -0.307. The van der Waals surface area contributed by atoms with Gasteiger partial charge in [-0.25, -0.2) is 4.79 Å². The van der Waals surface area contributed by atoms with Gasteiger partial charge in [-0.1, -0.05) is 24.9 Å². The van der Waals surface area contributed by atoms with Crippen molar-refractivity contribution < 1.29 is 15.0 Å². The number of carbonyl (C=O) groups is 1. The Balaban J connectivity index is 4.19. The number of rotatable bonds is 3. The third-order valence-corrected chi connectivity index (χ3v) is 1.28. The number of carboxylic acids is 1. The van der Waals surface area contributed by atoms with Crippen molar-refractivity contribution in [1.29, 1.82) is 0 Å². The molecule has 0 fully saturated rings. The van der Waals surface area contributed by atoms with E-state index in [9.17, 15) is 9.90 Å². The van der Waals surface area contributed by atoms with Crippen molar-refractivity contribution in [2.45, 2.75) is 19.8 Å². The third kappa shape index (κ3) is 2.73. The van der Waals surface area contributed by atoms with E-state index in [0.717, 1.165) is 0 Å². The van der Waals surface area contributed by atoms with E-state index in [1.807, 2.05) is 0 Å². The van der Waals surface area contributed by atoms with E-state index in [2.05, 4.69) is 0 Å². The fourth-order valence-corrected chi connectivity index (χ4v) is 0.551. The maximum absolute atomic E-state index is 10.6. The van der Waals surface area contributed by atoms with Gasteiger partial charge in [-0.15, -0.1) is 5.76 Å². The molecule has 0 rings (SSSR count). The summed E-state index contributed by atoms with van der Waals surface area (Å²) in [7, 11) is 0. The second-order valence-electron chi connectivity index (χ2n) is 1.79. The molecule has 0 aliphatic heterocycles. The maximum Gasteiger partial charge on any atom is 0.346 e. The Hall–Kier alpha value is -0.700. The van der Waals surface area contributed by atoms with Crippen LogP contribution in [0, 0.1) is 0 Å². The van der Waals surface area contributed by atoms with Gasteiger partial charge in [-0.05, 0) is 6.42 Å². The average Bonchev–Trinajstić information content (AvgIpc) is 1.87. The van der Waals surface area contributed by atoms with Crippen molar-refractivity contribution in [2.24, 2.45) is 0 Å². The van der Waals surface area contributed by atoms with Crippen LogP contribution in [0.4, 0.5) is 0 Å². The third-order valence-electron chi connectivity index (χ3n) is 0.910. The predicted molar refractivity (Wildman–Crippen MR) is 35.4 cm³/mol. The topological polar surface area (TPSA) is 60.4 Å². The van der Waals surface area contributed by atoms with Crippen LogP contribution in [0.3, 0.4) is 0 Å². The first-order chi connectivity index (χ1) is 4.59. The highest BCUT2D eigenvalue weighted by Crippen LogP contribution is 2.08. The number of allylic oxidation sites excluding steroid dienone is 1. The fraction of sp³-hybridized carbons (Fsp3) is 0.500. The molecule has 0 aliphatic carbocycles. The second-order valence-corrected chi connectivity index (χ2v) is 2.17. The lowest BCUT2D eigenvalue weighted by Crippen LogP contribution is -2.10. The van der Waals surface area contributed by atoms with Gasteiger partial charge >= 0.3 is 5.97 Å². The van der Waals surface area contributed by atoms with Gasteiger partial charge in [0, 0.05) is 0 Å². The summed E-state index contributed by atoms with van der Waals surface area (Å²) >= 11 is 5.11. The summed E-state index contributed by atoms with van der Waals surface area (Å²) in [6, 6.07) is 0. The molecule has 0 aromatic heterocycles. The van der Waals surface area contributed by atoms with E-state index in [4.69, 9.17) is 16.7 Å². The molecule has 10 heavy (non-hydrogen) atoms. The molecule has 4 heteroatoms. The van der Waals surface area contributed by atoms with Gasteiger partial charge in [0.2, 0.25) is 0 Å². The number of hydrogen-bond donors (Lipinski definition) is 1. The number of hydrogen-bond acceptors (Lipinski definition) is 2. The summed E-state index contributed by atoms with van der Waals surface area (Å²) in [4.78, 5) is 10.0. The monoisotopic (exact) mass is 163 g/mol. The molecule has 3 nitrogen and oxygen atoms in total. The summed E-state index contributed by atoms with van der Waals surface area (Å²) in [5.74, 6) is -1.85. The average molecular weight is 164 g/mol. The van der Waals surface area contributed by atoms with Crippen molar-refractivity contribution in [1.82, 2.24) is 0 Å². The van der Waals surface area contributed by atoms with Crippen molar-refractivity contribution in [2.75, 3.05) is 0 Å². The van der Waals surface area contributed by atoms with Crippen molar-refractivity contribution in [3.8, 4) is 0 Å². The molecule has 1 N–H and O–H groups in total. The highest BCUT2D eigenvalue weighted by molar-refractivity contribution is 6.41. The standard InChI is InChI=1S/C6H9ClO3/c1-2-3-4(8)5(7)6(9)10/h8H,2-3H2,1H3,(H,9,10)/p-1/b5-4-. The molecular formula is C6H8ClO3-. The molecule has 0 atom stereocenters. The number of halogens is 1. The molecule has 0 saturated heterocycles. The van der Waals surface area contributed by atoms with Crippen LogP contribution < -0.4 is 5.11 Å². The van der Waals surface area contributed by atoms with Crippen LogP contribution in [0.1, 0.15) is 19.8 Å². The normalized spacial score (nSPS) is 12.6. The predicted octanol–water partition coefficient (Wildman–Crippen LogP) is 0.682. The molecule has 58 valence electrons. The first kappa shape index (κ1) is 9.30. The molecule has 0 spiro atoms. The Bertz CT molecular complexity index is 162. The highest BCUT2D eigenvalue weighted by Gasteiger charge is 2.02. The Kier molecular flexibility index (Phi) is 3.88. The van der Waals surface area contributed by atoms with Gasteiger partial charge in [0.25, 0.3) is 0 Å². The smallest absolute Gasteiger partial charge is 0.346 e. The molecule has 0 unspecified atom stereocenters. The summed E-state index contributed by atoms with van der Waals surface area (Å²) in [6.07, 6.45) is 0.813. The minimum absolute atomic E-state index is 0.200. The van der Waals surface area contributed by atoms with Gasteiger partial charge in [0.15, 0.2) is 0 Å². The molecule has 0 saturated carbocycles. The Morgan fingerprint density at radius 2 is 2.20 bits per heavy atom. The van der Waals surface area contributed by atoms with Crippen LogP contribution in [0.15, 0.2) is 10.8 Å². The largest absolute Gasteiger partial charge is 0.874 e. The van der Waals surface area contributed by atoms with Gasteiger partial charge in [-0.3, -0.25) is 0 Å². The minimum atomic E-state index is -1.35. The summed E-state index contributed by atoms with van der Waals surface area (Å²) in [6.45, 7) is 1.78. The lowest BCUT2D eigenvalue weighted by atomic mass is 10.3. The zero-order chi connectivity index (χ0) is 8.15. The molecular weight excluding hydrogens is 156 g/mol. The highest BCUT2D eigenvalue weighted by atomic mass is 35.5. The number of carboxylic acid groups (broad SMARTS) is 1. The van der Waals surface area contributed by atoms with Crippen molar-refractivity contribution in [3.05, 3.63) is 10.8 Å². The van der Waals surface area contributed by atoms with E-state index < -0.39 is 16.8 Å². The second kappa shape index (κ2) is 4.17. The molecule has 0 heterocycles. The van der Waals surface area contributed by atoms with Crippen LogP contribution in [0.2, 0.25) is 0 Å². The Morgan fingerprint density at radius 1 is 1.70 bits per heavy atom. The van der Waals surface area contributed by atoms with Crippen LogP contribution in [-0.2, 0) is 4.79 Å². The van der Waals surface area contributed by atoms with E-state index in [1.165, 1.54) is 0 Å². The Labute approximate surface area is 63.9 Å². The molecule has 0 radical (unpaired) electrons. The number of aliphatic carboxylic acids is 1. The lowest BCUT2D eigenvalue weighted by Gasteiger charge is -2.10. The first-order valence-electron chi connectivity index (χ1n) is 2.88. The molecule has 0 aromatic rings. The van der Waals surface area contributed by atoms with E-state index in [-0.39, 0.29) is 6.42 Å². The summed E-state index contributed by atoms with van der Waals surface area (Å²) < 4.78 is 0. The zero-order valence-corrected chi connectivity index (χ0v) is 6.31. The Morgan fingerprint density at radius 3 is 2.50 bits per heavy atom. The van der Waals surface area contributed by atoms with E-state index in [0.29, 0.717) is 6.42 Å². The van der Waals surface area contributed by atoms with Crippen LogP contribution in [0.25, 0.3) is 0 Å². The summed E-state index contributed by atoms with van der Waals surface area (Å²) in [5, 5.41) is 18.2. The van der Waals surface area contributed by atoms with E-state index >= 15 is 0 Å². The van der Waals surface area contributed by atoms with E-state index in [1.54, 1.807) is 6.92 Å². The molecule has 0 aromatic carbocycles. The summed E-state index contributed by atoms with van der Waals surface area (Å²) in [5.41, 5.74) is 0. The van der Waals surface area contributed by atoms with Gasteiger partial charge in [0.05, 0.1) is 0 Å². The van der Waals surface area contributed by atoms with Crippen molar-refractivity contribution in [3.63, 3.8) is 0 Å². The molecule has 0 bridgehead atoms. The molecule has 0 aliphatic rings. The van der Waals surface area contributed by atoms with Gasteiger partial charge < -0.3 is 10.2 Å². The zero-order valence-electron chi connectivity index (χ0n) is 5.56. The molecule has 0 amide bonds. The quantitative estimate of drug-likeness (QED) is 0.492. The van der Waals surface area contributed by atoms with Crippen LogP contribution >= 0.6 is 11.6 Å². The van der Waals surface area contributed by atoms with Crippen LogP contribution in [-0.4, -0.2) is 11.1 Å².